The molecular weight excluding hydrogens is 240 g/mol. The fourth-order valence-corrected chi connectivity index (χ4v) is 3.19. The number of nitrogens with zero attached hydrogens (tertiary/aromatic N) is 3. The lowest BCUT2D eigenvalue weighted by molar-refractivity contribution is 0.942. The zero-order chi connectivity index (χ0) is 11.5. The third kappa shape index (κ3) is 2.40. The van der Waals surface area contributed by atoms with Crippen molar-refractivity contribution in [1.29, 1.82) is 0 Å². The van der Waals surface area contributed by atoms with E-state index in [9.17, 15) is 0 Å². The standard InChI is InChI=1S/C10H12N4S2/c1-6-3-9(8(4-11)7(2)13-6)16-10-14-12-5-15-10/h3,5H,4,11H2,1-2H3. The first-order valence-electron chi connectivity index (χ1n) is 4.82. The van der Waals surface area contributed by atoms with E-state index in [0.717, 1.165) is 26.2 Å². The van der Waals surface area contributed by atoms with Crippen molar-refractivity contribution in [3.63, 3.8) is 0 Å². The van der Waals surface area contributed by atoms with Crippen LogP contribution >= 0.6 is 23.1 Å². The first kappa shape index (κ1) is 11.5. The van der Waals surface area contributed by atoms with Crippen LogP contribution in [-0.4, -0.2) is 15.2 Å². The van der Waals surface area contributed by atoms with Crippen LogP contribution in [0.4, 0.5) is 0 Å². The molecule has 2 rings (SSSR count). The lowest BCUT2D eigenvalue weighted by atomic mass is 10.2. The molecule has 16 heavy (non-hydrogen) atoms. The fraction of sp³-hybridized carbons (Fsp3) is 0.300. The Morgan fingerprint density at radius 2 is 2.25 bits per heavy atom. The van der Waals surface area contributed by atoms with Crippen LogP contribution in [0.5, 0.6) is 0 Å². The Kier molecular flexibility index (Phi) is 3.52. The maximum atomic E-state index is 5.74. The average molecular weight is 252 g/mol. The van der Waals surface area contributed by atoms with E-state index in [0.29, 0.717) is 6.54 Å². The van der Waals surface area contributed by atoms with Crippen molar-refractivity contribution in [2.24, 2.45) is 5.73 Å². The number of hydrogen-bond donors (Lipinski definition) is 1. The van der Waals surface area contributed by atoms with Gasteiger partial charge in [-0.05, 0) is 19.9 Å². The monoisotopic (exact) mass is 252 g/mol. The van der Waals surface area contributed by atoms with Crippen molar-refractivity contribution in [2.75, 3.05) is 0 Å². The summed E-state index contributed by atoms with van der Waals surface area (Å²) in [6, 6.07) is 2.04. The Hall–Kier alpha value is -0.980. The van der Waals surface area contributed by atoms with Crippen LogP contribution in [0, 0.1) is 13.8 Å². The van der Waals surface area contributed by atoms with Gasteiger partial charge >= 0.3 is 0 Å². The largest absolute Gasteiger partial charge is 0.326 e. The Morgan fingerprint density at radius 3 is 2.88 bits per heavy atom. The zero-order valence-electron chi connectivity index (χ0n) is 9.10. The molecule has 4 nitrogen and oxygen atoms in total. The molecule has 0 unspecified atom stereocenters. The second-order valence-electron chi connectivity index (χ2n) is 3.34. The summed E-state index contributed by atoms with van der Waals surface area (Å²) in [6.07, 6.45) is 0. The van der Waals surface area contributed by atoms with Crippen molar-refractivity contribution >= 4 is 23.1 Å². The maximum absolute atomic E-state index is 5.74. The van der Waals surface area contributed by atoms with Crippen molar-refractivity contribution in [3.05, 3.63) is 28.5 Å². The van der Waals surface area contributed by atoms with E-state index in [1.165, 1.54) is 11.3 Å². The van der Waals surface area contributed by atoms with Crippen molar-refractivity contribution in [2.45, 2.75) is 29.6 Å². The second-order valence-corrected chi connectivity index (χ2v) is 5.46. The molecule has 2 aromatic rings. The molecule has 0 amide bonds. The molecular formula is C10H12N4S2. The van der Waals surface area contributed by atoms with Crippen LogP contribution in [0.3, 0.4) is 0 Å². The van der Waals surface area contributed by atoms with E-state index in [4.69, 9.17) is 5.73 Å². The predicted octanol–water partition coefficient (Wildman–Crippen LogP) is 2.16. The van der Waals surface area contributed by atoms with Crippen LogP contribution in [0.25, 0.3) is 0 Å². The first-order chi connectivity index (χ1) is 7.70. The fourth-order valence-electron chi connectivity index (χ4n) is 1.46. The summed E-state index contributed by atoms with van der Waals surface area (Å²) in [5.41, 5.74) is 10.6. The molecule has 6 heteroatoms. The van der Waals surface area contributed by atoms with Gasteiger partial charge in [-0.1, -0.05) is 23.1 Å². The molecule has 0 fully saturated rings. The minimum atomic E-state index is 0.500. The summed E-state index contributed by atoms with van der Waals surface area (Å²) in [7, 11) is 0. The van der Waals surface area contributed by atoms with Crippen molar-refractivity contribution < 1.29 is 0 Å². The molecule has 2 aromatic heterocycles. The van der Waals surface area contributed by atoms with Gasteiger partial charge in [-0.25, -0.2) is 0 Å². The number of hydrogen-bond acceptors (Lipinski definition) is 6. The molecule has 0 atom stereocenters. The minimum absolute atomic E-state index is 0.500. The molecule has 0 aliphatic heterocycles. The zero-order valence-corrected chi connectivity index (χ0v) is 10.7. The Bertz CT molecular complexity index is 482. The van der Waals surface area contributed by atoms with Crippen molar-refractivity contribution in [1.82, 2.24) is 15.2 Å². The molecule has 0 spiro atoms. The van der Waals surface area contributed by atoms with Crippen molar-refractivity contribution in [3.8, 4) is 0 Å². The van der Waals surface area contributed by atoms with E-state index < -0.39 is 0 Å². The molecule has 0 aliphatic rings. The van der Waals surface area contributed by atoms with Crippen LogP contribution in [0.1, 0.15) is 17.0 Å². The number of nitrogens with two attached hydrogens (primary N) is 1. The van der Waals surface area contributed by atoms with Gasteiger partial charge in [-0.2, -0.15) is 0 Å². The molecule has 2 N–H and O–H groups in total. The van der Waals surface area contributed by atoms with Gasteiger partial charge in [-0.3, -0.25) is 4.98 Å². The third-order valence-corrected chi connectivity index (χ3v) is 4.02. The van der Waals surface area contributed by atoms with Gasteiger partial charge in [0.1, 0.15) is 5.51 Å². The first-order valence-corrected chi connectivity index (χ1v) is 6.51. The summed E-state index contributed by atoms with van der Waals surface area (Å²) in [5, 5.41) is 7.84. The summed E-state index contributed by atoms with van der Waals surface area (Å²) in [5.74, 6) is 0. The highest BCUT2D eigenvalue weighted by molar-refractivity contribution is 8.01. The Morgan fingerprint density at radius 1 is 1.44 bits per heavy atom. The highest BCUT2D eigenvalue weighted by Crippen LogP contribution is 2.32. The van der Waals surface area contributed by atoms with Gasteiger partial charge in [0.25, 0.3) is 0 Å². The quantitative estimate of drug-likeness (QED) is 0.907. The van der Waals surface area contributed by atoms with Gasteiger partial charge in [0.2, 0.25) is 0 Å². The highest BCUT2D eigenvalue weighted by Gasteiger charge is 2.10. The minimum Gasteiger partial charge on any atom is -0.326 e. The van der Waals surface area contributed by atoms with Crippen LogP contribution in [0.15, 0.2) is 20.8 Å². The Balaban J connectivity index is 2.39. The molecule has 0 bridgehead atoms. The van der Waals surface area contributed by atoms with Gasteiger partial charge in [0.15, 0.2) is 4.34 Å². The number of aryl methyl sites for hydroxylation is 2. The smallest absolute Gasteiger partial charge is 0.178 e. The summed E-state index contributed by atoms with van der Waals surface area (Å²) in [4.78, 5) is 5.54. The topological polar surface area (TPSA) is 64.7 Å². The van der Waals surface area contributed by atoms with Gasteiger partial charge in [-0.15, -0.1) is 10.2 Å². The number of aromatic nitrogens is 3. The lowest BCUT2D eigenvalue weighted by Crippen LogP contribution is -2.04. The SMILES string of the molecule is Cc1cc(Sc2nncs2)c(CN)c(C)n1. The summed E-state index contributed by atoms with van der Waals surface area (Å²) in [6.45, 7) is 4.47. The maximum Gasteiger partial charge on any atom is 0.178 e. The molecule has 84 valence electrons. The predicted molar refractivity (Wildman–Crippen MR) is 65.6 cm³/mol. The molecule has 0 aromatic carbocycles. The summed E-state index contributed by atoms with van der Waals surface area (Å²) < 4.78 is 0.930. The summed E-state index contributed by atoms with van der Waals surface area (Å²) >= 11 is 3.13. The molecule has 0 saturated heterocycles. The van der Waals surface area contributed by atoms with E-state index >= 15 is 0 Å². The van der Waals surface area contributed by atoms with Crippen LogP contribution < -0.4 is 5.73 Å². The van der Waals surface area contributed by atoms with Gasteiger partial charge < -0.3 is 5.73 Å². The molecule has 0 saturated carbocycles. The second kappa shape index (κ2) is 4.90. The number of pyridine rings is 1. The van der Waals surface area contributed by atoms with Gasteiger partial charge in [0, 0.05) is 28.4 Å². The third-order valence-electron chi connectivity index (χ3n) is 2.16. The molecule has 0 aliphatic carbocycles. The van der Waals surface area contributed by atoms with Crippen LogP contribution in [-0.2, 0) is 6.54 Å². The normalized spacial score (nSPS) is 10.7. The number of rotatable bonds is 3. The van der Waals surface area contributed by atoms with E-state index in [-0.39, 0.29) is 0 Å². The van der Waals surface area contributed by atoms with E-state index in [2.05, 4.69) is 15.2 Å². The van der Waals surface area contributed by atoms with Gasteiger partial charge in [0.05, 0.1) is 0 Å². The average Bonchev–Trinajstić information content (AvgIpc) is 2.70. The van der Waals surface area contributed by atoms with E-state index in [1.807, 2.05) is 19.9 Å². The molecule has 2 heterocycles. The Labute approximate surface area is 102 Å². The van der Waals surface area contributed by atoms with Crippen LogP contribution in [0.2, 0.25) is 0 Å². The lowest BCUT2D eigenvalue weighted by Gasteiger charge is -2.09. The molecule has 0 radical (unpaired) electrons. The highest BCUT2D eigenvalue weighted by atomic mass is 32.2. The van der Waals surface area contributed by atoms with E-state index in [1.54, 1.807) is 17.3 Å².